The first kappa shape index (κ1) is 23.2. The van der Waals surface area contributed by atoms with Gasteiger partial charge >= 0.3 is 0 Å². The Balaban J connectivity index is 1.94. The molecule has 8 heteroatoms. The van der Waals surface area contributed by atoms with Crippen LogP contribution in [0.15, 0.2) is 31.0 Å². The molecule has 1 aromatic rings. The molecule has 0 radical (unpaired) electrons. The van der Waals surface area contributed by atoms with Crippen LogP contribution in [0.25, 0.3) is 6.08 Å². The number of hydrogen-bond acceptors (Lipinski definition) is 4. The molecule has 1 heterocycles. The zero-order valence-corrected chi connectivity index (χ0v) is 20.0. The van der Waals surface area contributed by atoms with Crippen molar-refractivity contribution in [2.75, 3.05) is 6.61 Å². The molecule has 1 N–H and O–H groups in total. The van der Waals surface area contributed by atoms with E-state index in [1.807, 2.05) is 12.1 Å². The van der Waals surface area contributed by atoms with Gasteiger partial charge in [0, 0.05) is 6.92 Å². The minimum absolute atomic E-state index is 0.252. The van der Waals surface area contributed by atoms with Gasteiger partial charge in [0.1, 0.15) is 5.75 Å². The number of nitrogens with one attached hydrogen (secondary N) is 1. The summed E-state index contributed by atoms with van der Waals surface area (Å²) in [6.45, 7) is 4.27. The highest BCUT2D eigenvalue weighted by atomic mass is 79.9. The van der Waals surface area contributed by atoms with Crippen molar-refractivity contribution in [3.63, 3.8) is 0 Å². The van der Waals surface area contributed by atoms with Crippen molar-refractivity contribution in [1.82, 2.24) is 5.32 Å². The summed E-state index contributed by atoms with van der Waals surface area (Å²) in [4.78, 5) is 27.4. The van der Waals surface area contributed by atoms with Crippen LogP contribution in [0.4, 0.5) is 0 Å². The number of carbonyl (C=O) groups is 2. The van der Waals surface area contributed by atoms with E-state index >= 15 is 0 Å². The van der Waals surface area contributed by atoms with Crippen LogP contribution in [0, 0.1) is 0 Å². The predicted octanol–water partition coefficient (Wildman–Crippen LogP) is 6.06. The van der Waals surface area contributed by atoms with Crippen molar-refractivity contribution in [2.24, 2.45) is 4.99 Å². The van der Waals surface area contributed by atoms with E-state index in [9.17, 15) is 9.59 Å². The predicted molar refractivity (Wildman–Crippen MR) is 123 cm³/mol. The number of unbranched alkanes of at least 4 members (excludes halogenated alkanes) is 5. The average molecular weight is 532 g/mol. The second kappa shape index (κ2) is 11.8. The van der Waals surface area contributed by atoms with E-state index in [0.717, 1.165) is 38.4 Å². The lowest BCUT2D eigenvalue weighted by atomic mass is 10.1. The van der Waals surface area contributed by atoms with Crippen LogP contribution < -0.4 is 10.1 Å². The highest BCUT2D eigenvalue weighted by Crippen LogP contribution is 2.37. The summed E-state index contributed by atoms with van der Waals surface area (Å²) in [7, 11) is 0. The zero-order chi connectivity index (χ0) is 20.5. The summed E-state index contributed by atoms with van der Waals surface area (Å²) in [5, 5.41) is 2.84. The molecule has 1 aromatic carbocycles. The van der Waals surface area contributed by atoms with Gasteiger partial charge in [0.15, 0.2) is 5.17 Å². The van der Waals surface area contributed by atoms with E-state index in [1.165, 1.54) is 39.0 Å². The van der Waals surface area contributed by atoms with Crippen LogP contribution in [0.2, 0.25) is 0 Å². The van der Waals surface area contributed by atoms with Gasteiger partial charge in [-0.15, -0.1) is 0 Å². The Kier molecular flexibility index (Phi) is 9.74. The second-order valence-corrected chi connectivity index (χ2v) is 9.18. The van der Waals surface area contributed by atoms with E-state index in [1.54, 1.807) is 6.08 Å². The molecule has 0 fully saturated rings. The number of nitrogens with zero attached hydrogens (tertiary/aromatic N) is 1. The lowest BCUT2D eigenvalue weighted by Crippen LogP contribution is -2.23. The third-order valence-corrected chi connectivity index (χ3v) is 6.04. The number of rotatable bonds is 9. The Hall–Kier alpha value is -1.12. The maximum absolute atomic E-state index is 12.0. The molecule has 0 unspecified atom stereocenters. The molecule has 5 nitrogen and oxygen atoms in total. The van der Waals surface area contributed by atoms with Crippen LogP contribution in [0.1, 0.15) is 57.9 Å². The molecule has 0 aromatic heterocycles. The van der Waals surface area contributed by atoms with Gasteiger partial charge in [-0.05, 0) is 73.8 Å². The Bertz CT molecular complexity index is 771. The van der Waals surface area contributed by atoms with Gasteiger partial charge in [-0.1, -0.05) is 39.0 Å². The molecule has 0 bridgehead atoms. The Labute approximate surface area is 187 Å². The van der Waals surface area contributed by atoms with E-state index in [4.69, 9.17) is 4.74 Å². The average Bonchev–Trinajstić information content (AvgIpc) is 2.94. The first-order chi connectivity index (χ1) is 13.4. The van der Waals surface area contributed by atoms with Gasteiger partial charge in [0.2, 0.25) is 5.91 Å². The number of amides is 2. The zero-order valence-electron chi connectivity index (χ0n) is 16.0. The van der Waals surface area contributed by atoms with Gasteiger partial charge < -0.3 is 10.1 Å². The second-order valence-electron chi connectivity index (χ2n) is 6.44. The maximum atomic E-state index is 12.0. The fraction of sp³-hybridized carbons (Fsp3) is 0.450. The van der Waals surface area contributed by atoms with Crippen molar-refractivity contribution in [2.45, 2.75) is 52.4 Å². The van der Waals surface area contributed by atoms with Gasteiger partial charge in [0.05, 0.1) is 20.5 Å². The molecule has 28 heavy (non-hydrogen) atoms. The van der Waals surface area contributed by atoms with Crippen LogP contribution in [-0.2, 0) is 9.59 Å². The molecule has 0 atom stereocenters. The van der Waals surface area contributed by atoms with Crippen LogP contribution in [0.5, 0.6) is 5.75 Å². The number of carbonyl (C=O) groups excluding carboxylic acids is 2. The fourth-order valence-corrected chi connectivity index (χ4v) is 4.93. The summed E-state index contributed by atoms with van der Waals surface area (Å²) in [5.41, 5.74) is 0.834. The largest absolute Gasteiger partial charge is 0.491 e. The molecular weight excluding hydrogens is 508 g/mol. The number of ether oxygens (including phenoxy) is 1. The van der Waals surface area contributed by atoms with E-state index in [2.05, 4.69) is 49.1 Å². The lowest BCUT2D eigenvalue weighted by molar-refractivity contribution is -0.117. The van der Waals surface area contributed by atoms with Crippen molar-refractivity contribution >= 4 is 66.7 Å². The van der Waals surface area contributed by atoms with Gasteiger partial charge in [0.25, 0.3) is 5.91 Å². The van der Waals surface area contributed by atoms with Crippen molar-refractivity contribution in [1.29, 1.82) is 0 Å². The summed E-state index contributed by atoms with van der Waals surface area (Å²) in [6.07, 6.45) is 9.05. The first-order valence-electron chi connectivity index (χ1n) is 9.32. The topological polar surface area (TPSA) is 67.8 Å². The highest BCUT2D eigenvalue weighted by Gasteiger charge is 2.22. The highest BCUT2D eigenvalue weighted by molar-refractivity contribution is 9.11. The van der Waals surface area contributed by atoms with Gasteiger partial charge in [-0.2, -0.15) is 4.99 Å². The number of thioether (sulfide) groups is 1. The fourth-order valence-electron chi connectivity index (χ4n) is 2.62. The summed E-state index contributed by atoms with van der Waals surface area (Å²) < 4.78 is 7.56. The molecule has 0 aliphatic carbocycles. The quantitative estimate of drug-likeness (QED) is 0.310. The standard InChI is InChI=1S/C20H24Br2N2O3S/c1-3-4-5-6-7-8-9-27-18-15(21)10-14(11-16(18)22)12-17-19(26)24-20(28-17)23-13(2)25/h10-12H,3-9H2,1-2H3,(H,23,24,25,26)/b17-12+. The minimum Gasteiger partial charge on any atom is -0.491 e. The molecule has 2 amide bonds. The maximum Gasteiger partial charge on any atom is 0.286 e. The van der Waals surface area contributed by atoms with E-state index < -0.39 is 0 Å². The molecule has 1 aliphatic heterocycles. The number of amidine groups is 1. The summed E-state index contributed by atoms with van der Waals surface area (Å²) >= 11 is 8.25. The smallest absolute Gasteiger partial charge is 0.286 e. The summed E-state index contributed by atoms with van der Waals surface area (Å²) in [5.74, 6) is 0.151. The number of hydrogen-bond donors (Lipinski definition) is 1. The molecule has 0 saturated heterocycles. The van der Waals surface area contributed by atoms with Crippen LogP contribution in [-0.4, -0.2) is 23.6 Å². The number of aliphatic imine (C=N–C) groups is 1. The number of benzene rings is 1. The molecule has 1 aliphatic rings. The monoisotopic (exact) mass is 530 g/mol. The molecule has 2 rings (SSSR count). The van der Waals surface area contributed by atoms with Crippen molar-refractivity contribution < 1.29 is 14.3 Å². The molecule has 0 spiro atoms. The van der Waals surface area contributed by atoms with E-state index in [-0.39, 0.29) is 11.8 Å². The minimum atomic E-state index is -0.357. The summed E-state index contributed by atoms with van der Waals surface area (Å²) in [6, 6.07) is 3.80. The lowest BCUT2D eigenvalue weighted by Gasteiger charge is -2.11. The van der Waals surface area contributed by atoms with Gasteiger partial charge in [-0.3, -0.25) is 9.59 Å². The Morgan fingerprint density at radius 2 is 1.82 bits per heavy atom. The van der Waals surface area contributed by atoms with Gasteiger partial charge in [-0.25, -0.2) is 0 Å². The van der Waals surface area contributed by atoms with Crippen molar-refractivity contribution in [3.05, 3.63) is 31.5 Å². The van der Waals surface area contributed by atoms with Crippen molar-refractivity contribution in [3.8, 4) is 5.75 Å². The first-order valence-corrected chi connectivity index (χ1v) is 11.7. The van der Waals surface area contributed by atoms with Crippen LogP contribution in [0.3, 0.4) is 0 Å². The SMILES string of the molecule is CCCCCCCCOc1c(Br)cc(/C=C2/SC(NC(C)=O)=NC2=O)cc1Br. The Morgan fingerprint density at radius 3 is 2.46 bits per heavy atom. The molecular formula is C20H24Br2N2O3S. The van der Waals surface area contributed by atoms with Crippen LogP contribution >= 0.6 is 43.6 Å². The third kappa shape index (κ3) is 7.37. The van der Waals surface area contributed by atoms with E-state index in [0.29, 0.717) is 16.7 Å². The normalized spacial score (nSPS) is 15.1. The Morgan fingerprint density at radius 1 is 1.18 bits per heavy atom. The molecule has 0 saturated carbocycles. The third-order valence-electron chi connectivity index (χ3n) is 3.97. The number of halogens is 2. The molecule has 152 valence electrons.